The van der Waals surface area contributed by atoms with E-state index in [4.69, 9.17) is 14.2 Å². The first-order valence-electron chi connectivity index (χ1n) is 7.49. The van der Waals surface area contributed by atoms with Crippen molar-refractivity contribution in [2.45, 2.75) is 0 Å². The second-order valence-electron chi connectivity index (χ2n) is 5.15. The smallest absolute Gasteiger partial charge is 0.257 e. The van der Waals surface area contributed by atoms with Gasteiger partial charge < -0.3 is 19.5 Å². The number of methoxy groups -OCH3 is 3. The van der Waals surface area contributed by atoms with Crippen LogP contribution in [0, 0.1) is 0 Å². The fourth-order valence-corrected chi connectivity index (χ4v) is 2.51. The van der Waals surface area contributed by atoms with Crippen LogP contribution in [-0.4, -0.2) is 37.4 Å². The Labute approximate surface area is 144 Å². The number of benzene rings is 2. The second-order valence-corrected chi connectivity index (χ2v) is 5.15. The SMILES string of the molecule is COc1cc(C(=O)Nc2nncc3ccccc23)cc(OC)c1OC. The van der Waals surface area contributed by atoms with Gasteiger partial charge in [-0.15, -0.1) is 5.10 Å². The molecule has 25 heavy (non-hydrogen) atoms. The number of carbonyl (C=O) groups excluding carboxylic acids is 1. The van der Waals surface area contributed by atoms with Gasteiger partial charge in [0.1, 0.15) is 0 Å². The van der Waals surface area contributed by atoms with Gasteiger partial charge in [-0.25, -0.2) is 0 Å². The summed E-state index contributed by atoms with van der Waals surface area (Å²) in [6, 6.07) is 10.7. The van der Waals surface area contributed by atoms with Gasteiger partial charge in [-0.2, -0.15) is 5.10 Å². The third kappa shape index (κ3) is 3.16. The summed E-state index contributed by atoms with van der Waals surface area (Å²) < 4.78 is 15.8. The topological polar surface area (TPSA) is 82.6 Å². The van der Waals surface area contributed by atoms with Crippen molar-refractivity contribution < 1.29 is 19.0 Å². The molecule has 128 valence electrons. The maximum atomic E-state index is 12.7. The van der Waals surface area contributed by atoms with E-state index in [9.17, 15) is 4.79 Å². The first-order valence-corrected chi connectivity index (χ1v) is 7.49. The maximum absolute atomic E-state index is 12.7. The zero-order chi connectivity index (χ0) is 17.8. The molecule has 3 rings (SSSR count). The molecule has 0 radical (unpaired) electrons. The summed E-state index contributed by atoms with van der Waals surface area (Å²) in [5, 5.41) is 12.4. The van der Waals surface area contributed by atoms with Crippen LogP contribution in [0.2, 0.25) is 0 Å². The first kappa shape index (κ1) is 16.5. The molecule has 0 aliphatic heterocycles. The Morgan fingerprint density at radius 3 is 2.32 bits per heavy atom. The second kappa shape index (κ2) is 7.04. The van der Waals surface area contributed by atoms with E-state index in [2.05, 4.69) is 15.5 Å². The fourth-order valence-electron chi connectivity index (χ4n) is 2.51. The quantitative estimate of drug-likeness (QED) is 0.769. The normalized spacial score (nSPS) is 10.4. The minimum absolute atomic E-state index is 0.351. The van der Waals surface area contributed by atoms with Crippen molar-refractivity contribution in [2.24, 2.45) is 0 Å². The number of anilines is 1. The molecule has 0 saturated heterocycles. The number of aromatic nitrogens is 2. The minimum atomic E-state index is -0.357. The highest BCUT2D eigenvalue weighted by Crippen LogP contribution is 2.38. The molecule has 3 aromatic rings. The number of carbonyl (C=O) groups is 1. The molecular weight excluding hydrogens is 322 g/mol. The Morgan fingerprint density at radius 1 is 1.00 bits per heavy atom. The molecule has 1 N–H and O–H groups in total. The molecular formula is C18H17N3O4. The highest BCUT2D eigenvalue weighted by atomic mass is 16.5. The van der Waals surface area contributed by atoms with Crippen LogP contribution in [0.4, 0.5) is 5.82 Å². The molecule has 7 heteroatoms. The molecule has 7 nitrogen and oxygen atoms in total. The van der Waals surface area contributed by atoms with Crippen molar-refractivity contribution >= 4 is 22.5 Å². The van der Waals surface area contributed by atoms with E-state index in [-0.39, 0.29) is 5.91 Å². The van der Waals surface area contributed by atoms with Gasteiger partial charge in [0.25, 0.3) is 5.91 Å². The lowest BCUT2D eigenvalue weighted by atomic mass is 10.1. The minimum Gasteiger partial charge on any atom is -0.493 e. The number of nitrogens with zero attached hydrogens (tertiary/aromatic N) is 2. The van der Waals surface area contributed by atoms with E-state index in [0.29, 0.717) is 28.6 Å². The van der Waals surface area contributed by atoms with Crippen molar-refractivity contribution in [1.82, 2.24) is 10.2 Å². The van der Waals surface area contributed by atoms with Gasteiger partial charge in [0, 0.05) is 16.3 Å². The van der Waals surface area contributed by atoms with Gasteiger partial charge in [-0.3, -0.25) is 4.79 Å². The summed E-state index contributed by atoms with van der Waals surface area (Å²) in [5.41, 5.74) is 0.351. The van der Waals surface area contributed by atoms with E-state index in [1.165, 1.54) is 21.3 Å². The monoisotopic (exact) mass is 339 g/mol. The fraction of sp³-hybridized carbons (Fsp3) is 0.167. The predicted molar refractivity (Wildman–Crippen MR) is 93.6 cm³/mol. The largest absolute Gasteiger partial charge is 0.493 e. The summed E-state index contributed by atoms with van der Waals surface area (Å²) in [4.78, 5) is 12.7. The van der Waals surface area contributed by atoms with Gasteiger partial charge in [0.15, 0.2) is 17.3 Å². The highest BCUT2D eigenvalue weighted by Gasteiger charge is 2.18. The Balaban J connectivity index is 1.98. The van der Waals surface area contributed by atoms with Gasteiger partial charge >= 0.3 is 0 Å². The number of amides is 1. The molecule has 1 amide bonds. The third-order valence-electron chi connectivity index (χ3n) is 3.73. The van der Waals surface area contributed by atoms with Crippen LogP contribution in [-0.2, 0) is 0 Å². The zero-order valence-electron chi connectivity index (χ0n) is 14.1. The number of hydrogen-bond acceptors (Lipinski definition) is 6. The molecule has 0 aliphatic rings. The van der Waals surface area contributed by atoms with Crippen molar-refractivity contribution in [1.29, 1.82) is 0 Å². The van der Waals surface area contributed by atoms with Gasteiger partial charge in [0.2, 0.25) is 5.75 Å². The lowest BCUT2D eigenvalue weighted by Crippen LogP contribution is -2.14. The highest BCUT2D eigenvalue weighted by molar-refractivity contribution is 6.08. The van der Waals surface area contributed by atoms with E-state index >= 15 is 0 Å². The Hall–Kier alpha value is -3.35. The maximum Gasteiger partial charge on any atom is 0.257 e. The lowest BCUT2D eigenvalue weighted by molar-refractivity contribution is 0.102. The number of nitrogens with one attached hydrogen (secondary N) is 1. The van der Waals surface area contributed by atoms with Gasteiger partial charge in [0.05, 0.1) is 27.5 Å². The lowest BCUT2D eigenvalue weighted by Gasteiger charge is -2.14. The summed E-state index contributed by atoms with van der Waals surface area (Å²) in [5.74, 6) is 1.25. The van der Waals surface area contributed by atoms with Crippen LogP contribution in [0.25, 0.3) is 10.8 Å². The Bertz CT molecular complexity index is 897. The van der Waals surface area contributed by atoms with Crippen LogP contribution in [0.15, 0.2) is 42.6 Å². The molecule has 1 heterocycles. The predicted octanol–water partition coefficient (Wildman–Crippen LogP) is 2.91. The van der Waals surface area contributed by atoms with Crippen LogP contribution >= 0.6 is 0 Å². The molecule has 1 aromatic heterocycles. The van der Waals surface area contributed by atoms with Crippen molar-refractivity contribution in [3.8, 4) is 17.2 Å². The Morgan fingerprint density at radius 2 is 1.68 bits per heavy atom. The van der Waals surface area contributed by atoms with Gasteiger partial charge in [-0.1, -0.05) is 24.3 Å². The number of fused-ring (bicyclic) bond motifs is 1. The number of hydrogen-bond donors (Lipinski definition) is 1. The van der Waals surface area contributed by atoms with Crippen molar-refractivity contribution in [3.05, 3.63) is 48.2 Å². The summed E-state index contributed by atoms with van der Waals surface area (Å²) >= 11 is 0. The van der Waals surface area contributed by atoms with E-state index in [1.807, 2.05) is 24.3 Å². The van der Waals surface area contributed by atoms with Crippen molar-refractivity contribution in [2.75, 3.05) is 26.6 Å². The first-order chi connectivity index (χ1) is 12.2. The molecule has 0 saturated carbocycles. The summed E-state index contributed by atoms with van der Waals surface area (Å²) in [7, 11) is 4.50. The average molecular weight is 339 g/mol. The van der Waals surface area contributed by atoms with Gasteiger partial charge in [-0.05, 0) is 12.1 Å². The molecule has 0 spiro atoms. The number of rotatable bonds is 5. The molecule has 0 aliphatic carbocycles. The molecule has 0 unspecified atom stereocenters. The van der Waals surface area contributed by atoms with Crippen LogP contribution in [0.3, 0.4) is 0 Å². The van der Waals surface area contributed by atoms with Crippen LogP contribution in [0.5, 0.6) is 17.2 Å². The van der Waals surface area contributed by atoms with Crippen molar-refractivity contribution in [3.63, 3.8) is 0 Å². The molecule has 0 bridgehead atoms. The van der Waals surface area contributed by atoms with E-state index in [0.717, 1.165) is 10.8 Å². The molecule has 0 atom stereocenters. The van der Waals surface area contributed by atoms with Crippen LogP contribution in [0.1, 0.15) is 10.4 Å². The van der Waals surface area contributed by atoms with Crippen LogP contribution < -0.4 is 19.5 Å². The summed E-state index contributed by atoms with van der Waals surface area (Å²) in [6.45, 7) is 0. The summed E-state index contributed by atoms with van der Waals surface area (Å²) in [6.07, 6.45) is 1.64. The standard InChI is InChI=1S/C18H17N3O4/c1-23-14-8-12(9-15(24-2)16(14)25-3)18(22)20-17-13-7-5-4-6-11(13)10-19-21-17/h4-10H,1-3H3,(H,20,21,22). The Kier molecular flexibility index (Phi) is 4.65. The average Bonchev–Trinajstić information content (AvgIpc) is 2.66. The van der Waals surface area contributed by atoms with E-state index < -0.39 is 0 Å². The van der Waals surface area contributed by atoms with E-state index in [1.54, 1.807) is 18.3 Å². The molecule has 0 fully saturated rings. The molecule has 2 aromatic carbocycles. The zero-order valence-corrected chi connectivity index (χ0v) is 14.1. The third-order valence-corrected chi connectivity index (χ3v) is 3.73. The number of ether oxygens (including phenoxy) is 3.